The Balaban J connectivity index is 1.08. The lowest BCUT2D eigenvalue weighted by Gasteiger charge is -2.45. The SMILES string of the molecule is O=C1NC2(CO1)CN(C(=O)CS(=O)c1ccc(C(=O)N3CC4CCC(C3)N4c3cccc(Cl)c3)cc1Cl)C2. The second kappa shape index (κ2) is 9.73. The van der Waals surface area contributed by atoms with Crippen molar-refractivity contribution >= 4 is 57.6 Å². The molecular formula is C26H26Cl2N4O5S. The van der Waals surface area contributed by atoms with Crippen molar-refractivity contribution in [3.05, 3.63) is 58.1 Å². The standard InChI is InChI=1S/C26H26Cl2N4O5S/c27-17-2-1-3-18(9-17)32-19-5-6-20(32)11-30(10-19)24(34)16-4-7-22(21(28)8-16)38(36)12-23(33)31-13-26(14-31)15-37-25(35)29-26/h1-4,7-9,19-20H,5-6,10-15H2,(H,29,35). The molecule has 0 aliphatic carbocycles. The van der Waals surface area contributed by atoms with E-state index in [2.05, 4.69) is 16.3 Å². The summed E-state index contributed by atoms with van der Waals surface area (Å²) in [6.07, 6.45) is 1.52. The van der Waals surface area contributed by atoms with Crippen molar-refractivity contribution in [1.29, 1.82) is 0 Å². The Labute approximate surface area is 232 Å². The molecule has 38 heavy (non-hydrogen) atoms. The molecule has 4 fully saturated rings. The highest BCUT2D eigenvalue weighted by atomic mass is 35.5. The number of carbonyl (C=O) groups excluding carboxylic acids is 3. The van der Waals surface area contributed by atoms with Gasteiger partial charge < -0.3 is 24.8 Å². The fraction of sp³-hybridized carbons (Fsp3) is 0.423. The Morgan fingerprint density at radius 3 is 2.42 bits per heavy atom. The van der Waals surface area contributed by atoms with Crippen LogP contribution in [0, 0.1) is 0 Å². The summed E-state index contributed by atoms with van der Waals surface area (Å²) in [5.41, 5.74) is 0.975. The summed E-state index contributed by atoms with van der Waals surface area (Å²) in [5.74, 6) is -0.638. The minimum atomic E-state index is -1.67. The van der Waals surface area contributed by atoms with Crippen LogP contribution in [-0.2, 0) is 20.3 Å². The van der Waals surface area contributed by atoms with Crippen LogP contribution in [0.15, 0.2) is 47.4 Å². The van der Waals surface area contributed by atoms with E-state index in [1.165, 1.54) is 11.0 Å². The van der Waals surface area contributed by atoms with Gasteiger partial charge >= 0.3 is 6.09 Å². The van der Waals surface area contributed by atoms with Crippen molar-refractivity contribution in [3.63, 3.8) is 0 Å². The predicted molar refractivity (Wildman–Crippen MR) is 143 cm³/mol. The minimum Gasteiger partial charge on any atom is -0.447 e. The van der Waals surface area contributed by atoms with Crippen molar-refractivity contribution in [3.8, 4) is 0 Å². The lowest BCUT2D eigenvalue weighted by atomic mass is 9.92. The number of alkyl carbamates (subject to hydrolysis) is 1. The second-order valence-electron chi connectivity index (χ2n) is 10.3. The van der Waals surface area contributed by atoms with E-state index in [1.807, 2.05) is 23.1 Å². The number of rotatable bonds is 5. The van der Waals surface area contributed by atoms with Gasteiger partial charge in [0, 0.05) is 54.5 Å². The molecule has 9 nitrogen and oxygen atoms in total. The number of carbonyl (C=O) groups is 3. The number of benzene rings is 2. The Bertz CT molecular complexity index is 1340. The number of nitrogens with one attached hydrogen (secondary N) is 1. The number of likely N-dealkylation sites (tertiary alicyclic amines) is 2. The zero-order valence-electron chi connectivity index (χ0n) is 20.4. The Morgan fingerprint density at radius 2 is 1.79 bits per heavy atom. The average Bonchev–Trinajstić information content (AvgIpc) is 3.39. The van der Waals surface area contributed by atoms with Crippen LogP contribution in [0.5, 0.6) is 0 Å². The van der Waals surface area contributed by atoms with Crippen LogP contribution in [0.1, 0.15) is 23.2 Å². The Hall–Kier alpha value is -2.82. The molecular weight excluding hydrogens is 551 g/mol. The van der Waals surface area contributed by atoms with Gasteiger partial charge in [-0.2, -0.15) is 0 Å². The fourth-order valence-electron chi connectivity index (χ4n) is 5.93. The van der Waals surface area contributed by atoms with E-state index in [-0.39, 0.29) is 41.3 Å². The molecule has 0 aromatic heterocycles. The van der Waals surface area contributed by atoms with Crippen LogP contribution in [0.3, 0.4) is 0 Å². The number of fused-ring (bicyclic) bond motifs is 2. The quantitative estimate of drug-likeness (QED) is 0.587. The molecule has 0 radical (unpaired) electrons. The number of nitrogens with zero attached hydrogens (tertiary/aromatic N) is 3. The lowest BCUT2D eigenvalue weighted by Crippen LogP contribution is -2.70. The number of anilines is 1. The maximum atomic E-state index is 13.4. The van der Waals surface area contributed by atoms with Gasteiger partial charge in [0.2, 0.25) is 5.91 Å². The summed E-state index contributed by atoms with van der Waals surface area (Å²) in [6.45, 7) is 2.07. The largest absolute Gasteiger partial charge is 0.447 e. The maximum Gasteiger partial charge on any atom is 0.407 e. The molecule has 3 unspecified atom stereocenters. The molecule has 2 aromatic carbocycles. The highest BCUT2D eigenvalue weighted by Crippen LogP contribution is 2.36. The first kappa shape index (κ1) is 25.5. The van der Waals surface area contributed by atoms with Crippen molar-refractivity contribution in [1.82, 2.24) is 15.1 Å². The van der Waals surface area contributed by atoms with Crippen molar-refractivity contribution in [2.75, 3.05) is 43.4 Å². The van der Waals surface area contributed by atoms with Gasteiger partial charge in [0.25, 0.3) is 5.91 Å². The van der Waals surface area contributed by atoms with Gasteiger partial charge in [-0.3, -0.25) is 13.8 Å². The molecule has 1 N–H and O–H groups in total. The number of cyclic esters (lactones) is 1. The predicted octanol–water partition coefficient (Wildman–Crippen LogP) is 2.92. The zero-order chi connectivity index (χ0) is 26.6. The summed E-state index contributed by atoms with van der Waals surface area (Å²) in [5, 5.41) is 3.60. The third-order valence-electron chi connectivity index (χ3n) is 7.74. The Kier molecular flexibility index (Phi) is 6.52. The molecule has 4 heterocycles. The van der Waals surface area contributed by atoms with E-state index in [9.17, 15) is 18.6 Å². The summed E-state index contributed by atoms with van der Waals surface area (Å²) in [7, 11) is -1.67. The van der Waals surface area contributed by atoms with Crippen LogP contribution in [0.4, 0.5) is 10.5 Å². The zero-order valence-corrected chi connectivity index (χ0v) is 22.7. The van der Waals surface area contributed by atoms with Gasteiger partial charge in [0.05, 0.1) is 20.7 Å². The summed E-state index contributed by atoms with van der Waals surface area (Å²) < 4.78 is 17.9. The summed E-state index contributed by atoms with van der Waals surface area (Å²) >= 11 is 12.7. The maximum absolute atomic E-state index is 13.4. The highest BCUT2D eigenvalue weighted by Gasteiger charge is 2.51. The highest BCUT2D eigenvalue weighted by molar-refractivity contribution is 7.85. The van der Waals surface area contributed by atoms with Crippen LogP contribution < -0.4 is 10.2 Å². The molecule has 4 aliphatic rings. The molecule has 200 valence electrons. The molecule has 3 amide bonds. The third kappa shape index (κ3) is 4.63. The van der Waals surface area contributed by atoms with Crippen LogP contribution in [-0.4, -0.2) is 88.1 Å². The van der Waals surface area contributed by atoms with Crippen LogP contribution in [0.2, 0.25) is 10.0 Å². The molecule has 2 bridgehead atoms. The topological polar surface area (TPSA) is 99.3 Å². The van der Waals surface area contributed by atoms with E-state index < -0.39 is 22.4 Å². The number of piperazine rings is 1. The minimum absolute atomic E-state index is 0.116. The van der Waals surface area contributed by atoms with E-state index in [0.717, 1.165) is 18.5 Å². The van der Waals surface area contributed by atoms with Crippen LogP contribution in [0.25, 0.3) is 0 Å². The lowest BCUT2D eigenvalue weighted by molar-refractivity contribution is -0.136. The molecule has 0 saturated carbocycles. The summed E-state index contributed by atoms with van der Waals surface area (Å²) in [4.78, 5) is 43.3. The van der Waals surface area contributed by atoms with Gasteiger partial charge in [-0.05, 0) is 49.2 Å². The van der Waals surface area contributed by atoms with Crippen molar-refractivity contribution < 1.29 is 23.3 Å². The molecule has 4 saturated heterocycles. The first-order valence-electron chi connectivity index (χ1n) is 12.5. The molecule has 1 spiro atoms. The number of amides is 3. The Morgan fingerprint density at radius 1 is 1.05 bits per heavy atom. The smallest absolute Gasteiger partial charge is 0.407 e. The molecule has 3 atom stereocenters. The first-order chi connectivity index (χ1) is 18.2. The van der Waals surface area contributed by atoms with Crippen molar-refractivity contribution in [2.45, 2.75) is 35.4 Å². The second-order valence-corrected chi connectivity index (χ2v) is 12.6. The third-order valence-corrected chi connectivity index (χ3v) is 9.76. The van der Waals surface area contributed by atoms with Gasteiger partial charge in [0.1, 0.15) is 17.9 Å². The molecule has 6 rings (SSSR count). The number of hydrogen-bond acceptors (Lipinski definition) is 6. The van der Waals surface area contributed by atoms with Gasteiger partial charge in [-0.25, -0.2) is 4.79 Å². The summed E-state index contributed by atoms with van der Waals surface area (Å²) in [6, 6.07) is 13.0. The normalized spacial score (nSPS) is 24.2. The van der Waals surface area contributed by atoms with Crippen LogP contribution >= 0.6 is 23.2 Å². The number of halogens is 2. The number of hydrogen-bond donors (Lipinski definition) is 1. The molecule has 4 aliphatic heterocycles. The van der Waals surface area contributed by atoms with E-state index in [4.69, 9.17) is 27.9 Å². The van der Waals surface area contributed by atoms with Crippen molar-refractivity contribution in [2.24, 2.45) is 0 Å². The van der Waals surface area contributed by atoms with E-state index in [1.54, 1.807) is 12.1 Å². The monoisotopic (exact) mass is 576 g/mol. The fourth-order valence-corrected chi connectivity index (χ4v) is 7.61. The molecule has 2 aromatic rings. The van der Waals surface area contributed by atoms with Gasteiger partial charge in [0.15, 0.2) is 0 Å². The average molecular weight is 577 g/mol. The van der Waals surface area contributed by atoms with E-state index in [0.29, 0.717) is 41.7 Å². The van der Waals surface area contributed by atoms with Gasteiger partial charge in [-0.15, -0.1) is 0 Å². The molecule has 12 heteroatoms. The van der Waals surface area contributed by atoms with Gasteiger partial charge in [-0.1, -0.05) is 29.3 Å². The van der Waals surface area contributed by atoms with E-state index >= 15 is 0 Å². The first-order valence-corrected chi connectivity index (χ1v) is 14.5. The number of ether oxygens (including phenoxy) is 1.